The van der Waals surface area contributed by atoms with E-state index in [1.165, 1.54) is 15.8 Å². The molecule has 0 aliphatic carbocycles. The largest absolute Gasteiger partial charge is 0.366 e. The Kier molecular flexibility index (Phi) is 2.60. The molecule has 0 saturated carbocycles. The van der Waals surface area contributed by atoms with Gasteiger partial charge < -0.3 is 5.43 Å². The van der Waals surface area contributed by atoms with Gasteiger partial charge in [0.2, 0.25) is 0 Å². The number of nitrogens with zero attached hydrogens (tertiary/aromatic N) is 2. The number of hydrogen-bond acceptors (Lipinski definition) is 4. The third kappa shape index (κ3) is 2.00. The van der Waals surface area contributed by atoms with Crippen LogP contribution in [-0.4, -0.2) is 9.66 Å². The Bertz CT molecular complexity index is 449. The molecule has 2 heterocycles. The fourth-order valence-corrected chi connectivity index (χ4v) is 1.69. The van der Waals surface area contributed by atoms with Crippen LogP contribution in [0.15, 0.2) is 40.8 Å². The molecule has 0 bridgehead atoms. The van der Waals surface area contributed by atoms with Gasteiger partial charge >= 0.3 is 5.69 Å². The minimum absolute atomic E-state index is 0.288. The third-order valence-electron chi connectivity index (χ3n) is 1.72. The summed E-state index contributed by atoms with van der Waals surface area (Å²) in [6.07, 6.45) is 3.13. The summed E-state index contributed by atoms with van der Waals surface area (Å²) < 4.78 is 1.37. The molecular formula is C9H9N3OS. The quantitative estimate of drug-likeness (QED) is 0.818. The molecule has 72 valence electrons. The lowest BCUT2D eigenvalue weighted by molar-refractivity contribution is 0.773. The van der Waals surface area contributed by atoms with Crippen molar-refractivity contribution in [2.24, 2.45) is 0 Å². The van der Waals surface area contributed by atoms with Crippen molar-refractivity contribution in [2.75, 3.05) is 5.43 Å². The molecule has 0 aliphatic heterocycles. The Hall–Kier alpha value is -1.62. The predicted molar refractivity (Wildman–Crippen MR) is 55.9 cm³/mol. The summed E-state index contributed by atoms with van der Waals surface area (Å²) in [7, 11) is 0. The van der Waals surface area contributed by atoms with Crippen LogP contribution in [-0.2, 0) is 6.54 Å². The van der Waals surface area contributed by atoms with E-state index in [2.05, 4.69) is 10.4 Å². The summed E-state index contributed by atoms with van der Waals surface area (Å²) in [4.78, 5) is 16.0. The van der Waals surface area contributed by atoms with E-state index >= 15 is 0 Å². The smallest absolute Gasteiger partial charge is 0.317 e. The second-order valence-electron chi connectivity index (χ2n) is 2.69. The summed E-state index contributed by atoms with van der Waals surface area (Å²) >= 11 is 1.65. The molecule has 0 saturated heterocycles. The monoisotopic (exact) mass is 207 g/mol. The van der Waals surface area contributed by atoms with E-state index in [1.54, 1.807) is 23.6 Å². The normalized spacial score (nSPS) is 10.0. The zero-order chi connectivity index (χ0) is 9.80. The molecule has 2 aromatic rings. The van der Waals surface area contributed by atoms with E-state index < -0.39 is 0 Å². The summed E-state index contributed by atoms with van der Waals surface area (Å²) in [5.41, 5.74) is 2.68. The molecule has 1 N–H and O–H groups in total. The lowest BCUT2D eigenvalue weighted by Crippen LogP contribution is -2.29. The molecule has 0 radical (unpaired) electrons. The highest BCUT2D eigenvalue weighted by Gasteiger charge is 1.95. The number of thiophene rings is 1. The van der Waals surface area contributed by atoms with Gasteiger partial charge in [-0.3, -0.25) is 0 Å². The number of nitrogens with one attached hydrogen (secondary N) is 1. The topological polar surface area (TPSA) is 46.9 Å². The van der Waals surface area contributed by atoms with Gasteiger partial charge in [-0.2, -0.15) is 0 Å². The van der Waals surface area contributed by atoms with Crippen molar-refractivity contribution < 1.29 is 0 Å². The number of rotatable bonds is 3. The Morgan fingerprint density at radius 2 is 2.43 bits per heavy atom. The molecule has 0 aliphatic rings. The van der Waals surface area contributed by atoms with Crippen LogP contribution in [0.3, 0.4) is 0 Å². The Morgan fingerprint density at radius 1 is 1.50 bits per heavy atom. The predicted octanol–water partition coefficient (Wildman–Crippen LogP) is 1.05. The van der Waals surface area contributed by atoms with E-state index in [0.29, 0.717) is 6.54 Å². The molecule has 2 rings (SSSR count). The maximum absolute atomic E-state index is 11.2. The highest BCUT2D eigenvalue weighted by molar-refractivity contribution is 7.09. The zero-order valence-corrected chi connectivity index (χ0v) is 8.20. The van der Waals surface area contributed by atoms with Gasteiger partial charge in [-0.15, -0.1) is 11.3 Å². The van der Waals surface area contributed by atoms with Crippen molar-refractivity contribution >= 4 is 11.3 Å². The SMILES string of the molecule is O=c1ncccn1NCc1cccs1. The van der Waals surface area contributed by atoms with Crippen LogP contribution in [0, 0.1) is 0 Å². The standard InChI is InChI=1S/C9H9N3OS/c13-9-10-4-2-5-12(9)11-7-8-3-1-6-14-8/h1-6,11H,7H2. The van der Waals surface area contributed by atoms with Crippen LogP contribution in [0.2, 0.25) is 0 Å². The van der Waals surface area contributed by atoms with Gasteiger partial charge in [0.1, 0.15) is 0 Å². The molecule has 14 heavy (non-hydrogen) atoms. The van der Waals surface area contributed by atoms with E-state index in [9.17, 15) is 4.79 Å². The van der Waals surface area contributed by atoms with Gasteiger partial charge in [0.05, 0.1) is 6.54 Å². The summed E-state index contributed by atoms with van der Waals surface area (Å²) in [6.45, 7) is 0.642. The maximum Gasteiger partial charge on any atom is 0.366 e. The molecular weight excluding hydrogens is 198 g/mol. The van der Waals surface area contributed by atoms with Crippen LogP contribution in [0.25, 0.3) is 0 Å². The molecule has 2 aromatic heterocycles. The molecule has 0 amide bonds. The van der Waals surface area contributed by atoms with Crippen molar-refractivity contribution in [2.45, 2.75) is 6.54 Å². The Morgan fingerprint density at radius 3 is 3.14 bits per heavy atom. The fraction of sp³-hybridized carbons (Fsp3) is 0.111. The first-order chi connectivity index (χ1) is 6.86. The van der Waals surface area contributed by atoms with Gasteiger partial charge in [0.25, 0.3) is 0 Å². The fourth-order valence-electron chi connectivity index (χ4n) is 1.05. The molecule has 0 fully saturated rings. The molecule has 0 spiro atoms. The maximum atomic E-state index is 11.2. The van der Waals surface area contributed by atoms with Crippen LogP contribution in [0.5, 0.6) is 0 Å². The summed E-state index contributed by atoms with van der Waals surface area (Å²) in [6, 6.07) is 5.70. The minimum atomic E-state index is -0.288. The van der Waals surface area contributed by atoms with Crippen LogP contribution < -0.4 is 11.1 Å². The lowest BCUT2D eigenvalue weighted by Gasteiger charge is -2.05. The first kappa shape index (κ1) is 8.96. The Balaban J connectivity index is 2.06. The Labute approximate surface area is 84.8 Å². The molecule has 0 aromatic carbocycles. The second-order valence-corrected chi connectivity index (χ2v) is 3.72. The third-order valence-corrected chi connectivity index (χ3v) is 2.59. The van der Waals surface area contributed by atoms with Crippen molar-refractivity contribution in [1.29, 1.82) is 0 Å². The molecule has 0 unspecified atom stereocenters. The van der Waals surface area contributed by atoms with Gasteiger partial charge in [-0.1, -0.05) is 6.07 Å². The van der Waals surface area contributed by atoms with Crippen molar-refractivity contribution in [1.82, 2.24) is 9.66 Å². The van der Waals surface area contributed by atoms with E-state index in [-0.39, 0.29) is 5.69 Å². The average Bonchev–Trinajstić information content (AvgIpc) is 2.69. The van der Waals surface area contributed by atoms with Crippen LogP contribution in [0.4, 0.5) is 0 Å². The minimum Gasteiger partial charge on any atom is -0.317 e. The summed E-state index contributed by atoms with van der Waals surface area (Å²) in [5, 5.41) is 2.00. The van der Waals surface area contributed by atoms with Crippen LogP contribution >= 0.6 is 11.3 Å². The molecule has 0 atom stereocenters. The number of aromatic nitrogens is 2. The highest BCUT2D eigenvalue weighted by atomic mass is 32.1. The van der Waals surface area contributed by atoms with Crippen molar-refractivity contribution in [3.05, 3.63) is 51.3 Å². The van der Waals surface area contributed by atoms with E-state index in [1.807, 2.05) is 17.5 Å². The molecule has 5 heteroatoms. The van der Waals surface area contributed by atoms with Crippen molar-refractivity contribution in [3.8, 4) is 0 Å². The van der Waals surface area contributed by atoms with Crippen LogP contribution in [0.1, 0.15) is 4.88 Å². The van der Waals surface area contributed by atoms with Gasteiger partial charge in [0, 0.05) is 17.3 Å². The van der Waals surface area contributed by atoms with Crippen molar-refractivity contribution in [3.63, 3.8) is 0 Å². The zero-order valence-electron chi connectivity index (χ0n) is 7.38. The van der Waals surface area contributed by atoms with Gasteiger partial charge in [-0.05, 0) is 17.5 Å². The van der Waals surface area contributed by atoms with Gasteiger partial charge in [-0.25, -0.2) is 14.5 Å². The van der Waals surface area contributed by atoms with E-state index in [4.69, 9.17) is 0 Å². The average molecular weight is 207 g/mol. The molecule has 4 nitrogen and oxygen atoms in total. The first-order valence-electron chi connectivity index (χ1n) is 4.16. The van der Waals surface area contributed by atoms with Gasteiger partial charge in [0.15, 0.2) is 0 Å². The second kappa shape index (κ2) is 4.06. The van der Waals surface area contributed by atoms with E-state index in [0.717, 1.165) is 0 Å². The lowest BCUT2D eigenvalue weighted by atomic mass is 10.5. The highest BCUT2D eigenvalue weighted by Crippen LogP contribution is 2.07. The number of hydrogen-bond donors (Lipinski definition) is 1. The first-order valence-corrected chi connectivity index (χ1v) is 5.04. The summed E-state index contributed by atoms with van der Waals surface area (Å²) in [5.74, 6) is 0.